The number of amides is 1. The van der Waals surface area contributed by atoms with Crippen LogP contribution in [0.15, 0.2) is 36.1 Å². The second kappa shape index (κ2) is 4.70. The molecule has 0 saturated heterocycles. The number of fused-ring (bicyclic) bond motifs is 1. The third kappa shape index (κ3) is 2.17. The fourth-order valence-corrected chi connectivity index (χ4v) is 2.52. The van der Waals surface area contributed by atoms with Gasteiger partial charge >= 0.3 is 0 Å². The van der Waals surface area contributed by atoms with Gasteiger partial charge in [0, 0.05) is 29.3 Å². The number of thiophene rings is 1. The van der Waals surface area contributed by atoms with Crippen molar-refractivity contribution in [2.24, 2.45) is 0 Å². The van der Waals surface area contributed by atoms with E-state index in [0.29, 0.717) is 13.1 Å². The second-order valence-electron chi connectivity index (χ2n) is 4.04. The minimum Gasteiger partial charge on any atom is -0.329 e. The Hall–Kier alpha value is -2.01. The van der Waals surface area contributed by atoms with Gasteiger partial charge in [0.15, 0.2) is 0 Å². The molecule has 90 valence electrons. The van der Waals surface area contributed by atoms with Gasteiger partial charge in [0.2, 0.25) is 5.91 Å². The lowest BCUT2D eigenvalue weighted by Crippen LogP contribution is -2.23. The Balaban J connectivity index is 1.69. The van der Waals surface area contributed by atoms with Gasteiger partial charge in [-0.05, 0) is 17.5 Å². The Morgan fingerprint density at radius 1 is 1.44 bits per heavy atom. The molecule has 0 spiro atoms. The van der Waals surface area contributed by atoms with E-state index in [1.54, 1.807) is 28.5 Å². The molecular formula is C13H11N3OS. The van der Waals surface area contributed by atoms with Gasteiger partial charge in [-0.2, -0.15) is 0 Å². The normalized spacial score (nSPS) is 14.1. The Bertz CT molecular complexity index is 567. The Kier molecular flexibility index (Phi) is 2.90. The SMILES string of the molecule is O=C(/C=C/c1cccs1)N1Cc2cncnc2C1. The van der Waals surface area contributed by atoms with Crippen molar-refractivity contribution in [2.45, 2.75) is 13.1 Å². The molecule has 3 heterocycles. The molecule has 5 heteroatoms. The summed E-state index contributed by atoms with van der Waals surface area (Å²) in [7, 11) is 0. The van der Waals surface area contributed by atoms with Gasteiger partial charge in [-0.25, -0.2) is 9.97 Å². The molecular weight excluding hydrogens is 246 g/mol. The molecule has 18 heavy (non-hydrogen) atoms. The lowest BCUT2D eigenvalue weighted by Gasteiger charge is -2.11. The van der Waals surface area contributed by atoms with E-state index in [1.165, 1.54) is 6.33 Å². The van der Waals surface area contributed by atoms with Crippen LogP contribution < -0.4 is 0 Å². The number of aromatic nitrogens is 2. The van der Waals surface area contributed by atoms with E-state index in [1.807, 2.05) is 23.6 Å². The molecule has 0 unspecified atom stereocenters. The van der Waals surface area contributed by atoms with E-state index >= 15 is 0 Å². The van der Waals surface area contributed by atoms with Gasteiger partial charge in [0.25, 0.3) is 0 Å². The summed E-state index contributed by atoms with van der Waals surface area (Å²) in [4.78, 5) is 23.0. The molecule has 4 nitrogen and oxygen atoms in total. The predicted molar refractivity (Wildman–Crippen MR) is 69.6 cm³/mol. The van der Waals surface area contributed by atoms with Gasteiger partial charge in [0.05, 0.1) is 12.2 Å². The summed E-state index contributed by atoms with van der Waals surface area (Å²) in [6.45, 7) is 1.18. The lowest BCUT2D eigenvalue weighted by atomic mass is 10.3. The third-order valence-electron chi connectivity index (χ3n) is 2.83. The summed E-state index contributed by atoms with van der Waals surface area (Å²) in [5.41, 5.74) is 1.98. The van der Waals surface area contributed by atoms with Gasteiger partial charge in [0.1, 0.15) is 6.33 Å². The smallest absolute Gasteiger partial charge is 0.247 e. The molecule has 0 aliphatic carbocycles. The lowest BCUT2D eigenvalue weighted by molar-refractivity contribution is -0.126. The highest BCUT2D eigenvalue weighted by atomic mass is 32.1. The average molecular weight is 257 g/mol. The predicted octanol–water partition coefficient (Wildman–Crippen LogP) is 2.09. The number of hydrogen-bond acceptors (Lipinski definition) is 4. The summed E-state index contributed by atoms with van der Waals surface area (Å²) in [6.07, 6.45) is 6.76. The van der Waals surface area contributed by atoms with E-state index in [2.05, 4.69) is 9.97 Å². The van der Waals surface area contributed by atoms with Gasteiger partial charge in [-0.3, -0.25) is 4.79 Å². The Labute approximate surface area is 109 Å². The zero-order chi connectivity index (χ0) is 12.4. The van der Waals surface area contributed by atoms with Crippen molar-refractivity contribution in [3.05, 3.63) is 52.2 Å². The average Bonchev–Trinajstić information content (AvgIpc) is 3.04. The fourth-order valence-electron chi connectivity index (χ4n) is 1.90. The first-order valence-electron chi connectivity index (χ1n) is 5.61. The van der Waals surface area contributed by atoms with Gasteiger partial charge in [-0.1, -0.05) is 6.07 Å². The van der Waals surface area contributed by atoms with Crippen LogP contribution in [0.5, 0.6) is 0 Å². The number of carbonyl (C=O) groups excluding carboxylic acids is 1. The third-order valence-corrected chi connectivity index (χ3v) is 3.67. The highest BCUT2D eigenvalue weighted by Crippen LogP contribution is 2.20. The topological polar surface area (TPSA) is 46.1 Å². The maximum atomic E-state index is 12.0. The molecule has 2 aromatic heterocycles. The fraction of sp³-hybridized carbons (Fsp3) is 0.154. The number of nitrogens with zero attached hydrogens (tertiary/aromatic N) is 3. The van der Waals surface area contributed by atoms with Crippen LogP contribution in [0, 0.1) is 0 Å². The summed E-state index contributed by atoms with van der Waals surface area (Å²) in [6, 6.07) is 3.95. The second-order valence-corrected chi connectivity index (χ2v) is 5.02. The van der Waals surface area contributed by atoms with Crippen LogP contribution in [0.3, 0.4) is 0 Å². The Morgan fingerprint density at radius 3 is 3.17 bits per heavy atom. The van der Waals surface area contributed by atoms with Crippen molar-refractivity contribution < 1.29 is 4.79 Å². The molecule has 1 aliphatic heterocycles. The zero-order valence-electron chi connectivity index (χ0n) is 9.61. The molecule has 0 atom stereocenters. The van der Waals surface area contributed by atoms with Crippen LogP contribution in [0.4, 0.5) is 0 Å². The standard InChI is InChI=1S/C13H11N3OS/c17-13(4-3-11-2-1-5-18-11)16-7-10-6-14-9-15-12(10)8-16/h1-6,9H,7-8H2/b4-3+. The maximum absolute atomic E-state index is 12.0. The van der Waals surface area contributed by atoms with E-state index in [9.17, 15) is 4.79 Å². The van der Waals surface area contributed by atoms with E-state index in [4.69, 9.17) is 0 Å². The first kappa shape index (κ1) is 11.1. The highest BCUT2D eigenvalue weighted by molar-refractivity contribution is 7.10. The van der Waals surface area contributed by atoms with Crippen molar-refractivity contribution in [1.29, 1.82) is 0 Å². The Morgan fingerprint density at radius 2 is 2.39 bits per heavy atom. The minimum atomic E-state index is 0.0152. The summed E-state index contributed by atoms with van der Waals surface area (Å²) < 4.78 is 0. The van der Waals surface area contributed by atoms with Crippen LogP contribution in [0.1, 0.15) is 16.1 Å². The molecule has 0 N–H and O–H groups in total. The van der Waals surface area contributed by atoms with Crippen LogP contribution in [0.2, 0.25) is 0 Å². The molecule has 3 rings (SSSR count). The van der Waals surface area contributed by atoms with Crippen molar-refractivity contribution in [1.82, 2.24) is 14.9 Å². The quantitative estimate of drug-likeness (QED) is 0.774. The monoisotopic (exact) mass is 257 g/mol. The molecule has 0 aromatic carbocycles. The number of hydrogen-bond donors (Lipinski definition) is 0. The van der Waals surface area contributed by atoms with Crippen molar-refractivity contribution >= 4 is 23.3 Å². The molecule has 0 radical (unpaired) electrons. The van der Waals surface area contributed by atoms with Gasteiger partial charge < -0.3 is 4.90 Å². The van der Waals surface area contributed by atoms with Gasteiger partial charge in [-0.15, -0.1) is 11.3 Å². The van der Waals surface area contributed by atoms with Crippen LogP contribution in [-0.2, 0) is 17.9 Å². The largest absolute Gasteiger partial charge is 0.329 e. The molecule has 1 aliphatic rings. The van der Waals surface area contributed by atoms with E-state index in [0.717, 1.165) is 16.1 Å². The number of carbonyl (C=O) groups is 1. The number of rotatable bonds is 2. The van der Waals surface area contributed by atoms with Crippen molar-refractivity contribution in [2.75, 3.05) is 0 Å². The minimum absolute atomic E-state index is 0.0152. The maximum Gasteiger partial charge on any atom is 0.247 e. The zero-order valence-corrected chi connectivity index (χ0v) is 10.4. The van der Waals surface area contributed by atoms with E-state index in [-0.39, 0.29) is 5.91 Å². The van der Waals surface area contributed by atoms with Crippen LogP contribution in [0.25, 0.3) is 6.08 Å². The molecule has 0 fully saturated rings. The first-order chi connectivity index (χ1) is 8.83. The van der Waals surface area contributed by atoms with Crippen LogP contribution >= 0.6 is 11.3 Å². The molecule has 0 bridgehead atoms. The summed E-state index contributed by atoms with van der Waals surface area (Å²) >= 11 is 1.61. The highest BCUT2D eigenvalue weighted by Gasteiger charge is 2.22. The molecule has 0 saturated carbocycles. The molecule has 1 amide bonds. The molecule has 2 aromatic rings. The van der Waals surface area contributed by atoms with Crippen molar-refractivity contribution in [3.8, 4) is 0 Å². The first-order valence-corrected chi connectivity index (χ1v) is 6.49. The summed E-state index contributed by atoms with van der Waals surface area (Å²) in [5, 5.41) is 1.99. The van der Waals surface area contributed by atoms with Crippen molar-refractivity contribution in [3.63, 3.8) is 0 Å². The van der Waals surface area contributed by atoms with E-state index < -0.39 is 0 Å². The van der Waals surface area contributed by atoms with Crippen LogP contribution in [-0.4, -0.2) is 20.8 Å². The summed E-state index contributed by atoms with van der Waals surface area (Å²) in [5.74, 6) is 0.0152.